The second-order valence-corrected chi connectivity index (χ2v) is 9.23. The van der Waals surface area contributed by atoms with E-state index in [1.54, 1.807) is 36.4 Å². The number of likely N-dealkylation sites (N-methyl/N-ethyl adjacent to an activating group) is 1. The molecule has 0 saturated carbocycles. The number of hydrogen-bond acceptors (Lipinski definition) is 6. The lowest BCUT2D eigenvalue weighted by Gasteiger charge is -2.33. The van der Waals surface area contributed by atoms with Crippen LogP contribution in [0.3, 0.4) is 0 Å². The molecule has 2 aromatic carbocycles. The van der Waals surface area contributed by atoms with Crippen LogP contribution in [0.1, 0.15) is 11.1 Å². The zero-order valence-corrected chi connectivity index (χ0v) is 21.8. The number of aromatic nitrogens is 1. The Bertz CT molecular complexity index is 1340. The number of urea groups is 1. The molecule has 0 radical (unpaired) electrons. The van der Waals surface area contributed by atoms with E-state index >= 15 is 0 Å². The monoisotopic (exact) mass is 554 g/mol. The third-order valence-corrected chi connectivity index (χ3v) is 6.18. The number of benzene rings is 2. The number of hydrogen-bond donors (Lipinski definition) is 3. The maximum absolute atomic E-state index is 13.8. The highest BCUT2D eigenvalue weighted by atomic mass is 19.4. The smallest absolute Gasteiger partial charge is 0.416 e. The Morgan fingerprint density at radius 3 is 2.23 bits per heavy atom. The standard InChI is InChI=1S/C28H29F3N6O3/c1-3-26(38)35-25-11-10-23(17-32-25)40-22-8-6-20(7-9-22)33-27(39)34-21-5-4-19(24(16-21)28(29,30)31)18-37-14-12-36(2)13-15-37/h3-11,16-17H,1,12-15,18H2,2H3,(H,32,35,38)(H2,33,34,39). The highest BCUT2D eigenvalue weighted by molar-refractivity contribution is 6.00. The molecule has 1 fully saturated rings. The molecule has 3 N–H and O–H groups in total. The summed E-state index contributed by atoms with van der Waals surface area (Å²) in [6.07, 6.45) is -1.99. The third-order valence-electron chi connectivity index (χ3n) is 6.18. The van der Waals surface area contributed by atoms with Gasteiger partial charge in [0.1, 0.15) is 17.3 Å². The van der Waals surface area contributed by atoms with Crippen molar-refractivity contribution in [3.8, 4) is 11.5 Å². The minimum atomic E-state index is -4.55. The van der Waals surface area contributed by atoms with Crippen LogP contribution < -0.4 is 20.7 Å². The lowest BCUT2D eigenvalue weighted by molar-refractivity contribution is -0.138. The molecule has 210 valence electrons. The summed E-state index contributed by atoms with van der Waals surface area (Å²) in [7, 11) is 1.99. The van der Waals surface area contributed by atoms with Crippen LogP contribution in [0, 0.1) is 0 Å². The van der Waals surface area contributed by atoms with Crippen LogP contribution in [0.15, 0.2) is 73.4 Å². The van der Waals surface area contributed by atoms with Crippen LogP contribution in [0.4, 0.5) is 35.2 Å². The minimum Gasteiger partial charge on any atom is -0.456 e. The summed E-state index contributed by atoms with van der Waals surface area (Å²) in [6.45, 7) is 6.55. The van der Waals surface area contributed by atoms with Gasteiger partial charge in [-0.3, -0.25) is 9.69 Å². The molecule has 9 nitrogen and oxygen atoms in total. The number of ether oxygens (including phenoxy) is 1. The summed E-state index contributed by atoms with van der Waals surface area (Å²) >= 11 is 0. The zero-order valence-electron chi connectivity index (χ0n) is 21.8. The Hall–Kier alpha value is -4.42. The zero-order chi connectivity index (χ0) is 28.7. The Morgan fingerprint density at radius 1 is 0.950 bits per heavy atom. The fourth-order valence-electron chi connectivity index (χ4n) is 4.03. The summed E-state index contributed by atoms with van der Waals surface area (Å²) in [4.78, 5) is 32.0. The van der Waals surface area contributed by atoms with E-state index < -0.39 is 17.8 Å². The van der Waals surface area contributed by atoms with Gasteiger partial charge < -0.3 is 25.6 Å². The van der Waals surface area contributed by atoms with Gasteiger partial charge in [-0.25, -0.2) is 9.78 Å². The van der Waals surface area contributed by atoms with E-state index in [0.717, 1.165) is 25.2 Å². The number of halogens is 3. The molecule has 12 heteroatoms. The number of carbonyl (C=O) groups excluding carboxylic acids is 2. The van der Waals surface area contributed by atoms with Gasteiger partial charge in [-0.05, 0) is 67.2 Å². The number of pyridine rings is 1. The Balaban J connectivity index is 1.34. The number of rotatable bonds is 8. The second-order valence-electron chi connectivity index (χ2n) is 9.23. The highest BCUT2D eigenvalue weighted by Crippen LogP contribution is 2.34. The van der Waals surface area contributed by atoms with Gasteiger partial charge in [0, 0.05) is 44.1 Å². The molecule has 1 saturated heterocycles. The fourth-order valence-corrected chi connectivity index (χ4v) is 4.03. The molecule has 0 unspecified atom stereocenters. The number of anilines is 3. The molecule has 1 aliphatic rings. The van der Waals surface area contributed by atoms with Gasteiger partial charge in [0.05, 0.1) is 11.8 Å². The van der Waals surface area contributed by atoms with Crippen LogP contribution in [0.2, 0.25) is 0 Å². The van der Waals surface area contributed by atoms with Crippen molar-refractivity contribution in [1.29, 1.82) is 0 Å². The van der Waals surface area contributed by atoms with Gasteiger partial charge in [0.25, 0.3) is 0 Å². The number of nitrogens with zero attached hydrogens (tertiary/aromatic N) is 3. The van der Waals surface area contributed by atoms with Crippen molar-refractivity contribution in [2.45, 2.75) is 12.7 Å². The maximum atomic E-state index is 13.8. The largest absolute Gasteiger partial charge is 0.456 e. The molecule has 3 aromatic rings. The highest BCUT2D eigenvalue weighted by Gasteiger charge is 2.34. The molecule has 0 bridgehead atoms. The lowest BCUT2D eigenvalue weighted by atomic mass is 10.0. The minimum absolute atomic E-state index is 0.0344. The number of amides is 3. The summed E-state index contributed by atoms with van der Waals surface area (Å²) in [5, 5.41) is 7.59. The first-order valence-corrected chi connectivity index (χ1v) is 12.5. The van der Waals surface area contributed by atoms with E-state index in [4.69, 9.17) is 4.74 Å². The summed E-state index contributed by atoms with van der Waals surface area (Å²) in [6, 6.07) is 12.7. The quantitative estimate of drug-likeness (QED) is 0.322. The summed E-state index contributed by atoms with van der Waals surface area (Å²) in [5.41, 5.74) is -0.151. The van der Waals surface area contributed by atoms with Crippen LogP contribution in [0.25, 0.3) is 0 Å². The van der Waals surface area contributed by atoms with Crippen LogP contribution >= 0.6 is 0 Å². The van der Waals surface area contributed by atoms with Gasteiger partial charge in [-0.2, -0.15) is 13.2 Å². The van der Waals surface area contributed by atoms with Crippen molar-refractivity contribution in [2.24, 2.45) is 0 Å². The Morgan fingerprint density at radius 2 is 1.60 bits per heavy atom. The number of piperazine rings is 1. The molecule has 3 amide bonds. The van der Waals surface area contributed by atoms with Crippen molar-refractivity contribution >= 4 is 29.1 Å². The lowest BCUT2D eigenvalue weighted by Crippen LogP contribution is -2.44. The normalized spacial score (nSPS) is 14.3. The van der Waals surface area contributed by atoms with Crippen molar-refractivity contribution in [1.82, 2.24) is 14.8 Å². The second kappa shape index (κ2) is 12.6. The molecule has 0 aliphatic carbocycles. The average Bonchev–Trinajstić information content (AvgIpc) is 2.92. The summed E-state index contributed by atoms with van der Waals surface area (Å²) < 4.78 is 47.2. The van der Waals surface area contributed by atoms with Crippen molar-refractivity contribution < 1.29 is 27.5 Å². The van der Waals surface area contributed by atoms with Crippen LogP contribution in [-0.2, 0) is 17.5 Å². The molecule has 1 aliphatic heterocycles. The molecule has 4 rings (SSSR count). The van der Waals surface area contributed by atoms with E-state index in [9.17, 15) is 22.8 Å². The van der Waals surface area contributed by atoms with E-state index in [1.165, 1.54) is 18.3 Å². The van der Waals surface area contributed by atoms with E-state index in [-0.39, 0.29) is 23.7 Å². The van der Waals surface area contributed by atoms with Crippen LogP contribution in [-0.4, -0.2) is 59.9 Å². The first-order valence-electron chi connectivity index (χ1n) is 12.5. The van der Waals surface area contributed by atoms with Gasteiger partial charge in [0.2, 0.25) is 5.91 Å². The van der Waals surface area contributed by atoms with Gasteiger partial charge >= 0.3 is 12.2 Å². The molecule has 0 atom stereocenters. The van der Waals surface area contributed by atoms with Crippen molar-refractivity contribution in [3.63, 3.8) is 0 Å². The van der Waals surface area contributed by atoms with Crippen LogP contribution in [0.5, 0.6) is 11.5 Å². The van der Waals surface area contributed by atoms with E-state index in [0.29, 0.717) is 36.1 Å². The first-order chi connectivity index (χ1) is 19.1. The predicted octanol–water partition coefficient (Wildman–Crippen LogP) is 5.41. The number of alkyl halides is 3. The van der Waals surface area contributed by atoms with Gasteiger partial charge in [-0.1, -0.05) is 12.6 Å². The average molecular weight is 555 g/mol. The fraction of sp³-hybridized carbons (Fsp3) is 0.250. The molecular formula is C28H29F3N6O3. The van der Waals surface area contributed by atoms with Crippen molar-refractivity contribution in [3.05, 3.63) is 84.6 Å². The Kier molecular flexibility index (Phi) is 9.02. The first kappa shape index (κ1) is 28.6. The van der Waals surface area contributed by atoms with E-state index in [2.05, 4.69) is 32.4 Å². The maximum Gasteiger partial charge on any atom is 0.416 e. The van der Waals surface area contributed by atoms with E-state index in [1.807, 2.05) is 11.9 Å². The molecular weight excluding hydrogens is 525 g/mol. The Labute approximate surface area is 229 Å². The number of carbonyl (C=O) groups is 2. The molecule has 40 heavy (non-hydrogen) atoms. The third kappa shape index (κ3) is 8.04. The number of nitrogens with one attached hydrogen (secondary N) is 3. The van der Waals surface area contributed by atoms with Gasteiger partial charge in [-0.15, -0.1) is 0 Å². The predicted molar refractivity (Wildman–Crippen MR) is 146 cm³/mol. The molecule has 2 heterocycles. The summed E-state index contributed by atoms with van der Waals surface area (Å²) in [5.74, 6) is 0.843. The topological polar surface area (TPSA) is 98.8 Å². The molecule has 1 aromatic heterocycles. The SMILES string of the molecule is C=CC(=O)Nc1ccc(Oc2ccc(NC(=O)Nc3ccc(CN4CCN(C)CC4)c(C(F)(F)F)c3)cc2)cn1. The molecule has 0 spiro atoms. The van der Waals surface area contributed by atoms with Gasteiger partial charge in [0.15, 0.2) is 0 Å². The van der Waals surface area contributed by atoms with Crippen molar-refractivity contribution in [2.75, 3.05) is 49.2 Å².